The molecular formula is C26H41NO2. The number of unbranched alkanes of at least 4 members (excludes halogenated alkanes) is 10. The van der Waals surface area contributed by atoms with E-state index in [1.165, 1.54) is 82.7 Å². The molecule has 2 rings (SSSR count). The number of nitrogens with zero attached hydrogens (tertiary/aromatic N) is 1. The molecule has 0 atom stereocenters. The summed E-state index contributed by atoms with van der Waals surface area (Å²) in [6, 6.07) is 7.95. The molecule has 0 N–H and O–H groups in total. The van der Waals surface area contributed by atoms with Gasteiger partial charge in [0.05, 0.1) is 0 Å². The van der Waals surface area contributed by atoms with Gasteiger partial charge in [-0.05, 0) is 37.5 Å². The summed E-state index contributed by atoms with van der Waals surface area (Å²) in [5.41, 5.74) is 2.63. The Balaban J connectivity index is 2.00. The van der Waals surface area contributed by atoms with Gasteiger partial charge in [0.1, 0.15) is 5.58 Å². The lowest BCUT2D eigenvalue weighted by Gasteiger charge is -2.25. The molecular weight excluding hydrogens is 358 g/mol. The lowest BCUT2D eigenvalue weighted by Crippen LogP contribution is -2.25. The summed E-state index contributed by atoms with van der Waals surface area (Å²) in [6.45, 7) is 8.68. The predicted molar refractivity (Wildman–Crippen MR) is 126 cm³/mol. The van der Waals surface area contributed by atoms with Gasteiger partial charge in [-0.15, -0.1) is 0 Å². The molecule has 1 aromatic carbocycles. The minimum Gasteiger partial charge on any atom is -0.423 e. The van der Waals surface area contributed by atoms with E-state index >= 15 is 0 Å². The van der Waals surface area contributed by atoms with Gasteiger partial charge in [0.25, 0.3) is 0 Å². The smallest absolute Gasteiger partial charge is 0.336 e. The number of fused-ring (bicyclic) bond motifs is 1. The van der Waals surface area contributed by atoms with E-state index in [2.05, 4.69) is 36.9 Å². The third kappa shape index (κ3) is 8.24. The van der Waals surface area contributed by atoms with Crippen LogP contribution in [0.5, 0.6) is 0 Å². The van der Waals surface area contributed by atoms with Gasteiger partial charge in [-0.2, -0.15) is 0 Å². The van der Waals surface area contributed by atoms with E-state index in [9.17, 15) is 4.79 Å². The highest BCUT2D eigenvalue weighted by atomic mass is 16.4. The van der Waals surface area contributed by atoms with Crippen LogP contribution in [0.15, 0.2) is 33.5 Å². The topological polar surface area (TPSA) is 33.5 Å². The number of anilines is 1. The van der Waals surface area contributed by atoms with Crippen LogP contribution >= 0.6 is 0 Å². The standard InChI is InChI=1S/C26H41NO2/c1-4-6-8-10-12-14-18-27(19-15-13-11-9-7-5-2)23-16-17-24-22(3)20-26(28)29-25(24)21-23/h16-17,20-21H,4-15,18-19H2,1-3H3. The SMILES string of the molecule is CCCCCCCCN(CCCCCCCC)c1ccc2c(C)cc(=O)oc2c1. The van der Waals surface area contributed by atoms with Crippen LogP contribution in [0.1, 0.15) is 96.5 Å². The van der Waals surface area contributed by atoms with E-state index in [1.807, 2.05) is 6.92 Å². The molecule has 1 aromatic heterocycles. The van der Waals surface area contributed by atoms with E-state index in [0.29, 0.717) is 5.58 Å². The van der Waals surface area contributed by atoms with Crippen molar-refractivity contribution in [1.82, 2.24) is 0 Å². The maximum Gasteiger partial charge on any atom is 0.336 e. The second kappa shape index (κ2) is 13.5. The zero-order chi connectivity index (χ0) is 20.9. The van der Waals surface area contributed by atoms with Crippen LogP contribution in [0.25, 0.3) is 11.0 Å². The first-order valence-electron chi connectivity index (χ1n) is 11.9. The van der Waals surface area contributed by atoms with Gasteiger partial charge in [-0.3, -0.25) is 0 Å². The van der Waals surface area contributed by atoms with Crippen molar-refractivity contribution >= 4 is 16.7 Å². The summed E-state index contributed by atoms with van der Waals surface area (Å²) >= 11 is 0. The zero-order valence-corrected chi connectivity index (χ0v) is 19.0. The maximum absolute atomic E-state index is 11.8. The zero-order valence-electron chi connectivity index (χ0n) is 19.0. The largest absolute Gasteiger partial charge is 0.423 e. The molecule has 2 aromatic rings. The first-order chi connectivity index (χ1) is 14.2. The Kier molecular flexibility index (Phi) is 10.9. The first-order valence-corrected chi connectivity index (χ1v) is 11.9. The Morgan fingerprint density at radius 2 is 1.31 bits per heavy atom. The summed E-state index contributed by atoms with van der Waals surface area (Å²) in [6.07, 6.45) is 15.7. The van der Waals surface area contributed by atoms with Crippen LogP contribution in [0.4, 0.5) is 5.69 Å². The fourth-order valence-electron chi connectivity index (χ4n) is 4.05. The predicted octanol–water partition coefficient (Wildman–Crippen LogP) is 7.63. The van der Waals surface area contributed by atoms with Gasteiger partial charge < -0.3 is 9.32 Å². The Morgan fingerprint density at radius 1 is 0.759 bits per heavy atom. The number of benzene rings is 1. The molecule has 0 spiro atoms. The van der Waals surface area contributed by atoms with Crippen molar-refractivity contribution in [2.75, 3.05) is 18.0 Å². The molecule has 0 unspecified atom stereocenters. The van der Waals surface area contributed by atoms with Gasteiger partial charge in [0.2, 0.25) is 0 Å². The molecule has 0 aliphatic heterocycles. The molecule has 29 heavy (non-hydrogen) atoms. The fourth-order valence-corrected chi connectivity index (χ4v) is 4.05. The second-order valence-electron chi connectivity index (χ2n) is 8.45. The molecule has 0 amide bonds. The Hall–Kier alpha value is -1.77. The van der Waals surface area contributed by atoms with Crippen molar-refractivity contribution in [3.8, 4) is 0 Å². The summed E-state index contributed by atoms with van der Waals surface area (Å²) in [7, 11) is 0. The lowest BCUT2D eigenvalue weighted by molar-refractivity contribution is 0.558. The first kappa shape index (κ1) is 23.5. The average molecular weight is 400 g/mol. The maximum atomic E-state index is 11.8. The molecule has 3 heteroatoms. The summed E-state index contributed by atoms with van der Waals surface area (Å²) in [5, 5.41) is 1.03. The quantitative estimate of drug-likeness (QED) is 0.228. The summed E-state index contributed by atoms with van der Waals surface area (Å²) < 4.78 is 5.49. The van der Waals surface area contributed by atoms with Crippen LogP contribution in [0.3, 0.4) is 0 Å². The highest BCUT2D eigenvalue weighted by molar-refractivity contribution is 5.83. The Labute approximate surface area is 177 Å². The van der Waals surface area contributed by atoms with E-state index in [4.69, 9.17) is 4.42 Å². The lowest BCUT2D eigenvalue weighted by atomic mass is 10.1. The minimum atomic E-state index is -0.259. The highest BCUT2D eigenvalue weighted by Crippen LogP contribution is 2.24. The molecule has 0 fully saturated rings. The molecule has 1 heterocycles. The Bertz CT molecular complexity index is 749. The van der Waals surface area contributed by atoms with Crippen molar-refractivity contribution in [2.45, 2.75) is 97.8 Å². The van der Waals surface area contributed by atoms with Crippen LogP contribution in [-0.2, 0) is 0 Å². The van der Waals surface area contributed by atoms with Crippen molar-refractivity contribution in [1.29, 1.82) is 0 Å². The molecule has 0 aliphatic carbocycles. The third-order valence-electron chi connectivity index (χ3n) is 5.86. The number of hydrogen-bond acceptors (Lipinski definition) is 3. The van der Waals surface area contributed by atoms with Crippen LogP contribution in [0.2, 0.25) is 0 Å². The minimum absolute atomic E-state index is 0.259. The molecule has 0 bridgehead atoms. The normalized spacial score (nSPS) is 11.3. The highest BCUT2D eigenvalue weighted by Gasteiger charge is 2.10. The average Bonchev–Trinajstić information content (AvgIpc) is 2.71. The number of aryl methyl sites for hydroxylation is 1. The number of rotatable bonds is 15. The molecule has 3 nitrogen and oxygen atoms in total. The number of hydrogen-bond donors (Lipinski definition) is 0. The fraction of sp³-hybridized carbons (Fsp3) is 0.654. The van der Waals surface area contributed by atoms with Crippen molar-refractivity contribution in [2.24, 2.45) is 0 Å². The van der Waals surface area contributed by atoms with Crippen LogP contribution < -0.4 is 10.5 Å². The summed E-state index contributed by atoms with van der Waals surface area (Å²) in [4.78, 5) is 14.3. The Morgan fingerprint density at radius 3 is 1.90 bits per heavy atom. The molecule has 0 radical (unpaired) electrons. The third-order valence-corrected chi connectivity index (χ3v) is 5.86. The molecule has 0 saturated carbocycles. The molecule has 162 valence electrons. The summed E-state index contributed by atoms with van der Waals surface area (Å²) in [5.74, 6) is 0. The van der Waals surface area contributed by atoms with Crippen LogP contribution in [-0.4, -0.2) is 13.1 Å². The van der Waals surface area contributed by atoms with Gasteiger partial charge in [-0.1, -0.05) is 78.1 Å². The van der Waals surface area contributed by atoms with Gasteiger partial charge in [0, 0.05) is 36.3 Å². The van der Waals surface area contributed by atoms with Crippen molar-refractivity contribution < 1.29 is 4.42 Å². The van der Waals surface area contributed by atoms with Crippen molar-refractivity contribution in [3.05, 3.63) is 40.2 Å². The van der Waals surface area contributed by atoms with E-state index < -0.39 is 0 Å². The van der Waals surface area contributed by atoms with Gasteiger partial charge in [0.15, 0.2) is 0 Å². The van der Waals surface area contributed by atoms with Gasteiger partial charge in [-0.25, -0.2) is 4.79 Å². The molecule has 0 aliphatic rings. The second-order valence-corrected chi connectivity index (χ2v) is 8.45. The van der Waals surface area contributed by atoms with E-state index in [-0.39, 0.29) is 5.63 Å². The van der Waals surface area contributed by atoms with Gasteiger partial charge >= 0.3 is 5.63 Å². The van der Waals surface area contributed by atoms with E-state index in [1.54, 1.807) is 6.07 Å². The molecule has 0 saturated heterocycles. The van der Waals surface area contributed by atoms with Crippen molar-refractivity contribution in [3.63, 3.8) is 0 Å². The van der Waals surface area contributed by atoms with Crippen LogP contribution in [0, 0.1) is 6.92 Å². The van der Waals surface area contributed by atoms with E-state index in [0.717, 1.165) is 24.0 Å². The monoisotopic (exact) mass is 399 g/mol.